The van der Waals surface area contributed by atoms with Crippen LogP contribution in [0.3, 0.4) is 0 Å². The normalized spacial score (nSPS) is 12.2. The van der Waals surface area contributed by atoms with Crippen LogP contribution in [0.25, 0.3) is 0 Å². The first kappa shape index (κ1) is 37.9. The molecule has 0 aromatic rings. The van der Waals surface area contributed by atoms with Crippen LogP contribution < -0.4 is 16.0 Å². The molecule has 2 amide bonds. The van der Waals surface area contributed by atoms with Crippen molar-refractivity contribution in [3.05, 3.63) is 24.3 Å². The Balaban J connectivity index is 4.13. The molecule has 0 rings (SSSR count). The Morgan fingerprint density at radius 2 is 1.30 bits per heavy atom. The number of carbonyl (C=O) groups excluding carboxylic acids is 3. The molecule has 1 unspecified atom stereocenters. The Kier molecular flexibility index (Phi) is 28.2. The average molecular weight is 564 g/mol. The van der Waals surface area contributed by atoms with Gasteiger partial charge in [0.15, 0.2) is 0 Å². The summed E-state index contributed by atoms with van der Waals surface area (Å²) in [5.74, 6) is 0.140. The number of hydrogen-bond acceptors (Lipinski definition) is 5. The predicted octanol–water partition coefficient (Wildman–Crippen LogP) is 6.91. The van der Waals surface area contributed by atoms with Gasteiger partial charge in [-0.05, 0) is 78.3 Å². The van der Waals surface area contributed by atoms with Crippen LogP contribution in [-0.2, 0) is 19.1 Å². The van der Waals surface area contributed by atoms with Crippen molar-refractivity contribution in [1.29, 1.82) is 0 Å². The number of nitrogens with one attached hydrogen (secondary N) is 3. The van der Waals surface area contributed by atoms with Crippen molar-refractivity contribution in [3.63, 3.8) is 0 Å². The number of rotatable bonds is 28. The fraction of sp³-hybridized carbons (Fsp3) is 0.788. The summed E-state index contributed by atoms with van der Waals surface area (Å²) in [6.45, 7) is 6.28. The molecular formula is C33H61N3O4. The highest BCUT2D eigenvalue weighted by molar-refractivity contribution is 5.76. The van der Waals surface area contributed by atoms with E-state index in [0.29, 0.717) is 32.4 Å². The van der Waals surface area contributed by atoms with E-state index in [1.807, 2.05) is 14.0 Å². The molecule has 0 spiro atoms. The smallest absolute Gasteiger partial charge is 0.306 e. The Bertz CT molecular complexity index is 679. The lowest BCUT2D eigenvalue weighted by Gasteiger charge is -2.16. The van der Waals surface area contributed by atoms with Gasteiger partial charge in [0.1, 0.15) is 6.10 Å². The molecule has 40 heavy (non-hydrogen) atoms. The maximum absolute atomic E-state index is 12.3. The van der Waals surface area contributed by atoms with Gasteiger partial charge in [-0.3, -0.25) is 14.4 Å². The molecule has 232 valence electrons. The number of unbranched alkanes of at least 4 members (excludes halogenated alkanes) is 10. The third-order valence-corrected chi connectivity index (χ3v) is 6.81. The van der Waals surface area contributed by atoms with Gasteiger partial charge in [0.05, 0.1) is 0 Å². The molecule has 0 heterocycles. The fourth-order valence-corrected chi connectivity index (χ4v) is 4.42. The number of ether oxygens (including phenoxy) is 1. The summed E-state index contributed by atoms with van der Waals surface area (Å²) in [5.41, 5.74) is 0. The molecule has 0 bridgehead atoms. The molecule has 7 nitrogen and oxygen atoms in total. The molecule has 0 fully saturated rings. The lowest BCUT2D eigenvalue weighted by molar-refractivity contribution is -0.149. The molecule has 0 aliphatic rings. The summed E-state index contributed by atoms with van der Waals surface area (Å²) in [7, 11) is 1.89. The average Bonchev–Trinajstić information content (AvgIpc) is 2.93. The minimum atomic E-state index is -0.118. The SMILES string of the molecule is CCCCCC/C=C\CNC(=O)CCCC/C=C/CC(CCCCCCCC(=O)NCC)OC(=O)CCCNC. The van der Waals surface area contributed by atoms with Crippen molar-refractivity contribution in [1.82, 2.24) is 16.0 Å². The van der Waals surface area contributed by atoms with Gasteiger partial charge in [0.2, 0.25) is 11.8 Å². The molecule has 0 saturated heterocycles. The van der Waals surface area contributed by atoms with E-state index in [0.717, 1.165) is 83.6 Å². The predicted molar refractivity (Wildman–Crippen MR) is 167 cm³/mol. The summed E-state index contributed by atoms with van der Waals surface area (Å²) >= 11 is 0. The lowest BCUT2D eigenvalue weighted by atomic mass is 10.0. The second-order valence-corrected chi connectivity index (χ2v) is 10.7. The topological polar surface area (TPSA) is 96.5 Å². The van der Waals surface area contributed by atoms with Crippen LogP contribution in [0.1, 0.15) is 136 Å². The molecular weight excluding hydrogens is 502 g/mol. The fourth-order valence-electron chi connectivity index (χ4n) is 4.42. The van der Waals surface area contributed by atoms with Gasteiger partial charge >= 0.3 is 5.97 Å². The molecule has 0 aliphatic carbocycles. The Hall–Kier alpha value is -2.15. The summed E-state index contributed by atoms with van der Waals surface area (Å²) < 4.78 is 5.79. The minimum Gasteiger partial charge on any atom is -0.462 e. The third kappa shape index (κ3) is 27.4. The molecule has 0 aromatic carbocycles. The molecule has 0 radical (unpaired) electrons. The van der Waals surface area contributed by atoms with Crippen LogP contribution in [0.4, 0.5) is 0 Å². The zero-order valence-electron chi connectivity index (χ0n) is 26.1. The van der Waals surface area contributed by atoms with Gasteiger partial charge in [-0.2, -0.15) is 0 Å². The van der Waals surface area contributed by atoms with Crippen molar-refractivity contribution in [2.24, 2.45) is 0 Å². The summed E-state index contributed by atoms with van der Waals surface area (Å²) in [6.07, 6.45) is 26.6. The third-order valence-electron chi connectivity index (χ3n) is 6.81. The number of carbonyl (C=O) groups is 3. The zero-order valence-corrected chi connectivity index (χ0v) is 26.1. The summed E-state index contributed by atoms with van der Waals surface area (Å²) in [4.78, 5) is 35.8. The van der Waals surface area contributed by atoms with Crippen molar-refractivity contribution in [3.8, 4) is 0 Å². The highest BCUT2D eigenvalue weighted by atomic mass is 16.5. The second-order valence-electron chi connectivity index (χ2n) is 10.7. The van der Waals surface area contributed by atoms with Gasteiger partial charge in [-0.15, -0.1) is 0 Å². The quantitative estimate of drug-likeness (QED) is 0.0546. The molecule has 0 saturated carbocycles. The van der Waals surface area contributed by atoms with E-state index in [2.05, 4.69) is 47.2 Å². The molecule has 3 N–H and O–H groups in total. The van der Waals surface area contributed by atoms with Crippen LogP contribution in [0.5, 0.6) is 0 Å². The van der Waals surface area contributed by atoms with Crippen LogP contribution in [0.2, 0.25) is 0 Å². The Morgan fingerprint density at radius 3 is 2.02 bits per heavy atom. The Labute approximate surface area is 245 Å². The van der Waals surface area contributed by atoms with E-state index in [1.54, 1.807) is 0 Å². The number of hydrogen-bond donors (Lipinski definition) is 3. The van der Waals surface area contributed by atoms with E-state index < -0.39 is 0 Å². The first-order chi connectivity index (χ1) is 19.5. The van der Waals surface area contributed by atoms with Gasteiger partial charge in [-0.1, -0.05) is 69.8 Å². The molecule has 0 aromatic heterocycles. The highest BCUT2D eigenvalue weighted by Gasteiger charge is 2.13. The monoisotopic (exact) mass is 563 g/mol. The van der Waals surface area contributed by atoms with E-state index in [9.17, 15) is 14.4 Å². The van der Waals surface area contributed by atoms with Crippen molar-refractivity contribution in [2.45, 2.75) is 142 Å². The van der Waals surface area contributed by atoms with Crippen LogP contribution in [0, 0.1) is 0 Å². The molecule has 0 aliphatic heterocycles. The standard InChI is InChI=1S/C33H61N3O4/c1-4-6-7-8-9-16-21-29-36-32(38)26-20-15-11-13-18-24-30(40-33(39)27-22-28-34-3)23-17-12-10-14-19-25-31(37)35-5-2/h13,16,18,21,30,34H,4-12,14-15,17,19-20,22-29H2,1-3H3,(H,35,37)(H,36,38)/b18-13+,21-16-. The molecule has 7 heteroatoms. The summed E-state index contributed by atoms with van der Waals surface area (Å²) in [6, 6.07) is 0. The van der Waals surface area contributed by atoms with Crippen molar-refractivity contribution >= 4 is 17.8 Å². The zero-order chi connectivity index (χ0) is 29.5. The van der Waals surface area contributed by atoms with E-state index in [4.69, 9.17) is 4.74 Å². The van der Waals surface area contributed by atoms with Gasteiger partial charge in [0.25, 0.3) is 0 Å². The summed E-state index contributed by atoms with van der Waals surface area (Å²) in [5, 5.41) is 8.87. The maximum atomic E-state index is 12.3. The maximum Gasteiger partial charge on any atom is 0.306 e. The molecule has 1 atom stereocenters. The Morgan fingerprint density at radius 1 is 0.675 bits per heavy atom. The van der Waals surface area contributed by atoms with E-state index >= 15 is 0 Å². The van der Waals surface area contributed by atoms with E-state index in [-0.39, 0.29) is 23.9 Å². The minimum absolute atomic E-state index is 0.0841. The first-order valence-electron chi connectivity index (χ1n) is 16.2. The van der Waals surface area contributed by atoms with Crippen LogP contribution in [0.15, 0.2) is 24.3 Å². The first-order valence-corrected chi connectivity index (χ1v) is 16.2. The van der Waals surface area contributed by atoms with Gasteiger partial charge in [-0.25, -0.2) is 0 Å². The van der Waals surface area contributed by atoms with Crippen LogP contribution in [-0.4, -0.2) is 50.6 Å². The number of esters is 1. The van der Waals surface area contributed by atoms with Gasteiger partial charge < -0.3 is 20.7 Å². The van der Waals surface area contributed by atoms with Gasteiger partial charge in [0, 0.05) is 38.8 Å². The largest absolute Gasteiger partial charge is 0.462 e. The van der Waals surface area contributed by atoms with Crippen LogP contribution >= 0.6 is 0 Å². The van der Waals surface area contributed by atoms with E-state index in [1.165, 1.54) is 25.7 Å². The highest BCUT2D eigenvalue weighted by Crippen LogP contribution is 2.15. The number of amides is 2. The second kappa shape index (κ2) is 29.8. The number of allylic oxidation sites excluding steroid dienone is 2. The van der Waals surface area contributed by atoms with Crippen molar-refractivity contribution < 1.29 is 19.1 Å². The van der Waals surface area contributed by atoms with Crippen molar-refractivity contribution in [2.75, 3.05) is 26.7 Å². The lowest BCUT2D eigenvalue weighted by Crippen LogP contribution is -2.22.